The van der Waals surface area contributed by atoms with Crippen LogP contribution in [0, 0.1) is 5.92 Å². The molecule has 2 N–H and O–H groups in total. The van der Waals surface area contributed by atoms with Gasteiger partial charge in [-0.2, -0.15) is 0 Å². The Kier molecular flexibility index (Phi) is 5.76. The highest BCUT2D eigenvalue weighted by Gasteiger charge is 2.48. The van der Waals surface area contributed by atoms with Gasteiger partial charge in [0.2, 0.25) is 0 Å². The fraction of sp³-hybridized carbons (Fsp3) is 0.435. The van der Waals surface area contributed by atoms with Gasteiger partial charge in [-0.1, -0.05) is 48.5 Å². The molecule has 28 heavy (non-hydrogen) atoms. The van der Waals surface area contributed by atoms with Gasteiger partial charge in [-0.3, -0.25) is 4.79 Å². The number of aliphatic hydroxyl groups excluding tert-OH is 1. The minimum absolute atomic E-state index is 0.0357. The molecule has 0 aromatic heterocycles. The average Bonchev–Trinajstić information content (AvgIpc) is 2.76. The normalized spacial score (nSPS) is 32.4. The highest BCUT2D eigenvalue weighted by atomic mass is 16.7. The molecule has 1 amide bonds. The van der Waals surface area contributed by atoms with Gasteiger partial charge in [0, 0.05) is 18.6 Å². The van der Waals surface area contributed by atoms with E-state index >= 15 is 0 Å². The number of fused-ring (bicyclic) bond motifs is 1. The lowest BCUT2D eigenvalue weighted by molar-refractivity contribution is -0.248. The second-order valence-electron chi connectivity index (χ2n) is 7.72. The number of aliphatic hydroxyl groups is 1. The molecular weight excluding hydrogens is 354 g/mol. The van der Waals surface area contributed by atoms with E-state index in [0.717, 1.165) is 19.3 Å². The van der Waals surface area contributed by atoms with Crippen molar-refractivity contribution < 1.29 is 19.4 Å². The summed E-state index contributed by atoms with van der Waals surface area (Å²) in [5, 5.41) is 14.1. The number of rotatable bonds is 4. The van der Waals surface area contributed by atoms with E-state index in [0.29, 0.717) is 11.5 Å². The molecule has 5 nitrogen and oxygen atoms in total. The van der Waals surface area contributed by atoms with Crippen LogP contribution in [0.4, 0.5) is 0 Å². The lowest BCUT2D eigenvalue weighted by Crippen LogP contribution is -2.62. The summed E-state index contributed by atoms with van der Waals surface area (Å²) < 4.78 is 11.6. The molecule has 0 unspecified atom stereocenters. The molecule has 1 aliphatic heterocycles. The molecule has 0 bridgehead atoms. The molecule has 1 saturated carbocycles. The van der Waals surface area contributed by atoms with Crippen LogP contribution in [0.1, 0.15) is 41.1 Å². The fourth-order valence-electron chi connectivity index (χ4n) is 4.60. The summed E-state index contributed by atoms with van der Waals surface area (Å²) in [6, 6.07) is 18.8. The summed E-state index contributed by atoms with van der Waals surface area (Å²) in [6.45, 7) is 0. The third-order valence-electron chi connectivity index (χ3n) is 6.08. The van der Waals surface area contributed by atoms with Gasteiger partial charge < -0.3 is 19.9 Å². The van der Waals surface area contributed by atoms with Gasteiger partial charge in [-0.25, -0.2) is 0 Å². The number of benzene rings is 2. The van der Waals surface area contributed by atoms with Gasteiger partial charge >= 0.3 is 0 Å². The lowest BCUT2D eigenvalue weighted by atomic mass is 9.71. The van der Waals surface area contributed by atoms with E-state index in [-0.39, 0.29) is 17.9 Å². The first-order chi connectivity index (χ1) is 13.7. The zero-order valence-electron chi connectivity index (χ0n) is 16.0. The Morgan fingerprint density at radius 2 is 1.75 bits per heavy atom. The number of ether oxygens (including phenoxy) is 2. The van der Waals surface area contributed by atoms with Crippen LogP contribution in [-0.4, -0.2) is 42.7 Å². The molecular formula is C23H27NO4. The average molecular weight is 381 g/mol. The first-order valence-electron chi connectivity index (χ1n) is 9.94. The van der Waals surface area contributed by atoms with Crippen molar-refractivity contribution >= 4 is 5.91 Å². The highest BCUT2D eigenvalue weighted by Crippen LogP contribution is 2.43. The van der Waals surface area contributed by atoms with E-state index in [4.69, 9.17) is 9.47 Å². The van der Waals surface area contributed by atoms with Crippen molar-refractivity contribution in [3.63, 3.8) is 0 Å². The van der Waals surface area contributed by atoms with Gasteiger partial charge in [0.25, 0.3) is 5.91 Å². The fourth-order valence-corrected chi connectivity index (χ4v) is 4.60. The zero-order chi connectivity index (χ0) is 19.5. The SMILES string of the molecule is CO[C@@H]1O[C@H]2CC[C@@H](c3ccccc3)C[C@H]2[C@@H](O)[C@@H]1NC(=O)c1ccccc1. The van der Waals surface area contributed by atoms with Gasteiger partial charge in [0.1, 0.15) is 6.04 Å². The van der Waals surface area contributed by atoms with Crippen molar-refractivity contribution in [2.24, 2.45) is 5.92 Å². The molecule has 1 saturated heterocycles. The van der Waals surface area contributed by atoms with Gasteiger partial charge in [0.05, 0.1) is 12.2 Å². The van der Waals surface area contributed by atoms with Crippen LogP contribution < -0.4 is 5.32 Å². The van der Waals surface area contributed by atoms with Crippen LogP contribution in [0.3, 0.4) is 0 Å². The minimum atomic E-state index is -0.720. The number of carbonyl (C=O) groups is 1. The van der Waals surface area contributed by atoms with Crippen LogP contribution in [0.5, 0.6) is 0 Å². The number of hydrogen-bond donors (Lipinski definition) is 2. The quantitative estimate of drug-likeness (QED) is 0.854. The van der Waals surface area contributed by atoms with Crippen molar-refractivity contribution in [1.29, 1.82) is 0 Å². The Hall–Kier alpha value is -2.21. The first kappa shape index (κ1) is 19.1. The first-order valence-corrected chi connectivity index (χ1v) is 9.94. The molecule has 5 heteroatoms. The maximum Gasteiger partial charge on any atom is 0.251 e. The van der Waals surface area contributed by atoms with Crippen molar-refractivity contribution in [1.82, 2.24) is 5.32 Å². The third-order valence-corrected chi connectivity index (χ3v) is 6.08. The largest absolute Gasteiger partial charge is 0.390 e. The predicted molar refractivity (Wildman–Crippen MR) is 106 cm³/mol. The Bertz CT molecular complexity index is 782. The number of hydrogen-bond acceptors (Lipinski definition) is 4. The summed E-state index contributed by atoms with van der Waals surface area (Å²) in [6.07, 6.45) is 1.31. The smallest absolute Gasteiger partial charge is 0.251 e. The Labute approximate surface area is 165 Å². The molecule has 0 radical (unpaired) electrons. The maximum atomic E-state index is 12.6. The minimum Gasteiger partial charge on any atom is -0.390 e. The third kappa shape index (κ3) is 3.83. The van der Waals surface area contributed by atoms with Gasteiger partial charge in [0.15, 0.2) is 6.29 Å². The molecule has 148 valence electrons. The van der Waals surface area contributed by atoms with Crippen LogP contribution in [0.25, 0.3) is 0 Å². The molecule has 6 atom stereocenters. The maximum absolute atomic E-state index is 12.6. The molecule has 1 heterocycles. The topological polar surface area (TPSA) is 67.8 Å². The molecule has 4 rings (SSSR count). The predicted octanol–water partition coefficient (Wildman–Crippen LogP) is 3.10. The van der Waals surface area contributed by atoms with Gasteiger partial charge in [-0.15, -0.1) is 0 Å². The Balaban J connectivity index is 1.50. The summed E-state index contributed by atoms with van der Waals surface area (Å²) >= 11 is 0. The number of amides is 1. The van der Waals surface area contributed by atoms with Gasteiger partial charge in [-0.05, 0) is 42.9 Å². The summed E-state index contributed by atoms with van der Waals surface area (Å²) in [4.78, 5) is 12.6. The lowest BCUT2D eigenvalue weighted by Gasteiger charge is -2.48. The van der Waals surface area contributed by atoms with E-state index < -0.39 is 18.4 Å². The van der Waals surface area contributed by atoms with Crippen LogP contribution in [-0.2, 0) is 9.47 Å². The van der Waals surface area contributed by atoms with Crippen molar-refractivity contribution in [2.75, 3.05) is 7.11 Å². The summed E-state index contributed by atoms with van der Waals surface area (Å²) in [7, 11) is 1.55. The Morgan fingerprint density at radius 3 is 2.43 bits per heavy atom. The molecule has 2 aromatic rings. The number of nitrogens with one attached hydrogen (secondary N) is 1. The van der Waals surface area contributed by atoms with E-state index in [1.165, 1.54) is 5.56 Å². The van der Waals surface area contributed by atoms with Crippen molar-refractivity contribution in [3.05, 3.63) is 71.8 Å². The van der Waals surface area contributed by atoms with E-state index in [2.05, 4.69) is 29.6 Å². The molecule has 0 spiro atoms. The van der Waals surface area contributed by atoms with E-state index in [1.807, 2.05) is 24.3 Å². The van der Waals surface area contributed by atoms with Crippen molar-refractivity contribution in [2.45, 2.75) is 49.7 Å². The second-order valence-corrected chi connectivity index (χ2v) is 7.72. The molecule has 1 aliphatic carbocycles. The van der Waals surface area contributed by atoms with E-state index in [9.17, 15) is 9.90 Å². The standard InChI is InChI=1S/C23H27NO4/c1-27-23-20(24-22(26)16-10-6-3-7-11-16)21(25)18-14-17(12-13-19(18)28-23)15-8-4-2-5-9-15/h2-11,17-21,23,25H,12-14H2,1H3,(H,24,26)/t17-,18-,19+,20+,21-,23-/m1/s1. The van der Waals surface area contributed by atoms with E-state index in [1.54, 1.807) is 19.2 Å². The number of methoxy groups -OCH3 is 1. The second kappa shape index (κ2) is 8.43. The Morgan fingerprint density at radius 1 is 1.07 bits per heavy atom. The monoisotopic (exact) mass is 381 g/mol. The summed E-state index contributed by atoms with van der Waals surface area (Å²) in [5.74, 6) is 0.126. The number of carbonyl (C=O) groups excluding carboxylic acids is 1. The summed E-state index contributed by atoms with van der Waals surface area (Å²) in [5.41, 5.74) is 1.85. The molecule has 2 aromatic carbocycles. The van der Waals surface area contributed by atoms with Crippen LogP contribution >= 0.6 is 0 Å². The molecule has 2 aliphatic rings. The molecule has 2 fully saturated rings. The van der Waals surface area contributed by atoms with Crippen molar-refractivity contribution in [3.8, 4) is 0 Å². The highest BCUT2D eigenvalue weighted by molar-refractivity contribution is 5.94. The van der Waals surface area contributed by atoms with Crippen LogP contribution in [0.2, 0.25) is 0 Å². The zero-order valence-corrected chi connectivity index (χ0v) is 16.0. The van der Waals surface area contributed by atoms with Crippen LogP contribution in [0.15, 0.2) is 60.7 Å².